The second-order valence-corrected chi connectivity index (χ2v) is 3.29. The number of halogens is 1. The molecule has 0 aliphatic heterocycles. The van der Waals surface area contributed by atoms with Crippen LogP contribution in [0.4, 0.5) is 0 Å². The molecule has 0 rings (SSSR count). The molecule has 0 fully saturated rings. The Morgan fingerprint density at radius 3 is 2.40 bits per heavy atom. The van der Waals surface area contributed by atoms with Crippen molar-refractivity contribution in [3.8, 4) is 0 Å². The Balaban J connectivity index is 2.65. The lowest BCUT2D eigenvalue weighted by Gasteiger charge is -1.97. The van der Waals surface area contributed by atoms with Crippen molar-refractivity contribution in [1.82, 2.24) is 0 Å². The maximum atomic E-state index is 3.38. The van der Waals surface area contributed by atoms with Crippen molar-refractivity contribution in [1.29, 1.82) is 0 Å². The van der Waals surface area contributed by atoms with Gasteiger partial charge in [-0.3, -0.25) is 0 Å². The van der Waals surface area contributed by atoms with Crippen LogP contribution in [-0.2, 0) is 0 Å². The number of rotatable bonds is 7. The Morgan fingerprint density at radius 1 is 1.10 bits per heavy atom. The SMILES string of the molecule is CCCCCCC[CH]CBr. The maximum absolute atomic E-state index is 3.38. The molecule has 0 N–H and O–H groups in total. The Morgan fingerprint density at radius 2 is 1.80 bits per heavy atom. The van der Waals surface area contributed by atoms with Gasteiger partial charge in [0.25, 0.3) is 0 Å². The van der Waals surface area contributed by atoms with E-state index in [-0.39, 0.29) is 0 Å². The van der Waals surface area contributed by atoms with Crippen LogP contribution in [0.2, 0.25) is 0 Å². The number of hydrogen-bond donors (Lipinski definition) is 0. The van der Waals surface area contributed by atoms with E-state index < -0.39 is 0 Å². The van der Waals surface area contributed by atoms with E-state index in [9.17, 15) is 0 Å². The fourth-order valence-electron chi connectivity index (χ4n) is 0.969. The van der Waals surface area contributed by atoms with Crippen LogP contribution in [0.15, 0.2) is 0 Å². The van der Waals surface area contributed by atoms with Crippen LogP contribution in [0, 0.1) is 6.42 Å². The molecule has 0 unspecified atom stereocenters. The molecule has 10 heavy (non-hydrogen) atoms. The van der Waals surface area contributed by atoms with Gasteiger partial charge in [0.15, 0.2) is 0 Å². The lowest BCUT2D eigenvalue weighted by atomic mass is 10.1. The van der Waals surface area contributed by atoms with Gasteiger partial charge in [-0.05, 0) is 12.8 Å². The Bertz CT molecular complexity index is 44.7. The zero-order valence-electron chi connectivity index (χ0n) is 6.91. The Labute approximate surface area is 73.5 Å². The highest BCUT2D eigenvalue weighted by Crippen LogP contribution is 2.06. The first-order chi connectivity index (χ1) is 4.91. The zero-order valence-corrected chi connectivity index (χ0v) is 8.49. The molecule has 0 saturated carbocycles. The fourth-order valence-corrected chi connectivity index (χ4v) is 1.29. The van der Waals surface area contributed by atoms with Crippen molar-refractivity contribution in [2.75, 3.05) is 5.33 Å². The van der Waals surface area contributed by atoms with Gasteiger partial charge in [0.05, 0.1) is 0 Å². The monoisotopic (exact) mass is 205 g/mol. The van der Waals surface area contributed by atoms with E-state index in [1.54, 1.807) is 0 Å². The van der Waals surface area contributed by atoms with E-state index in [0.717, 1.165) is 5.33 Å². The average molecular weight is 206 g/mol. The molecule has 0 spiro atoms. The third-order valence-corrected chi connectivity index (χ3v) is 2.08. The second-order valence-electron chi connectivity index (χ2n) is 2.65. The minimum Gasteiger partial charge on any atom is -0.0925 e. The molecule has 0 aliphatic rings. The third-order valence-electron chi connectivity index (χ3n) is 1.62. The molecule has 0 bridgehead atoms. The first kappa shape index (κ1) is 10.5. The van der Waals surface area contributed by atoms with Gasteiger partial charge in [-0.1, -0.05) is 55.0 Å². The third kappa shape index (κ3) is 8.48. The van der Waals surface area contributed by atoms with Crippen molar-refractivity contribution in [2.24, 2.45) is 0 Å². The van der Waals surface area contributed by atoms with Gasteiger partial charge in [0.1, 0.15) is 0 Å². The maximum Gasteiger partial charge on any atom is 0.00626 e. The molecule has 0 aromatic carbocycles. The summed E-state index contributed by atoms with van der Waals surface area (Å²) in [6.45, 7) is 2.25. The minimum absolute atomic E-state index is 1.06. The molecule has 0 aromatic rings. The van der Waals surface area contributed by atoms with Gasteiger partial charge >= 0.3 is 0 Å². The molecule has 0 heterocycles. The smallest absolute Gasteiger partial charge is 0.00626 e. The summed E-state index contributed by atoms with van der Waals surface area (Å²) >= 11 is 3.38. The van der Waals surface area contributed by atoms with E-state index in [4.69, 9.17) is 0 Å². The van der Waals surface area contributed by atoms with Crippen molar-refractivity contribution in [2.45, 2.75) is 45.4 Å². The lowest BCUT2D eigenvalue weighted by molar-refractivity contribution is 0.630. The molecule has 1 heteroatoms. The number of unbranched alkanes of at least 4 members (excludes halogenated alkanes) is 6. The molecule has 0 atom stereocenters. The van der Waals surface area contributed by atoms with Crippen LogP contribution < -0.4 is 0 Å². The number of hydrogen-bond acceptors (Lipinski definition) is 0. The molecular formula is C9H18Br. The second kappa shape index (κ2) is 9.48. The van der Waals surface area contributed by atoms with Crippen molar-refractivity contribution in [3.63, 3.8) is 0 Å². The van der Waals surface area contributed by atoms with Crippen molar-refractivity contribution < 1.29 is 0 Å². The summed E-state index contributed by atoms with van der Waals surface area (Å²) in [7, 11) is 0. The van der Waals surface area contributed by atoms with Crippen LogP contribution in [0.5, 0.6) is 0 Å². The lowest BCUT2D eigenvalue weighted by Crippen LogP contribution is -1.80. The summed E-state index contributed by atoms with van der Waals surface area (Å²) in [4.78, 5) is 0. The molecule has 0 amide bonds. The molecule has 0 saturated heterocycles. The highest BCUT2D eigenvalue weighted by Gasteiger charge is 1.88. The highest BCUT2D eigenvalue weighted by molar-refractivity contribution is 9.09. The topological polar surface area (TPSA) is 0 Å². The van der Waals surface area contributed by atoms with Gasteiger partial charge in [-0.25, -0.2) is 0 Å². The van der Waals surface area contributed by atoms with E-state index in [2.05, 4.69) is 29.3 Å². The van der Waals surface area contributed by atoms with E-state index >= 15 is 0 Å². The van der Waals surface area contributed by atoms with Gasteiger partial charge in [0, 0.05) is 5.33 Å². The summed E-state index contributed by atoms with van der Waals surface area (Å²) in [6, 6.07) is 0. The van der Waals surface area contributed by atoms with Crippen LogP contribution in [-0.4, -0.2) is 5.33 Å². The summed E-state index contributed by atoms with van der Waals surface area (Å²) in [5.41, 5.74) is 0. The van der Waals surface area contributed by atoms with Gasteiger partial charge in [0.2, 0.25) is 0 Å². The quantitative estimate of drug-likeness (QED) is 0.437. The summed E-state index contributed by atoms with van der Waals surface area (Å²) < 4.78 is 0. The van der Waals surface area contributed by atoms with Crippen LogP contribution in [0.25, 0.3) is 0 Å². The molecule has 0 aliphatic carbocycles. The fraction of sp³-hybridized carbons (Fsp3) is 0.889. The molecule has 1 radical (unpaired) electrons. The van der Waals surface area contributed by atoms with Crippen LogP contribution >= 0.6 is 15.9 Å². The zero-order chi connectivity index (χ0) is 7.66. The summed E-state index contributed by atoms with van der Waals surface area (Å²) in [5, 5.41) is 1.06. The van der Waals surface area contributed by atoms with E-state index in [1.165, 1.54) is 38.5 Å². The Hall–Kier alpha value is 0.480. The highest BCUT2D eigenvalue weighted by atomic mass is 79.9. The molecule has 0 nitrogen and oxygen atoms in total. The first-order valence-electron chi connectivity index (χ1n) is 4.29. The van der Waals surface area contributed by atoms with Gasteiger partial charge < -0.3 is 0 Å². The number of alkyl halides is 1. The largest absolute Gasteiger partial charge is 0.0925 e. The van der Waals surface area contributed by atoms with Gasteiger partial charge in [-0.2, -0.15) is 0 Å². The minimum atomic E-state index is 1.06. The predicted molar refractivity (Wildman–Crippen MR) is 51.5 cm³/mol. The van der Waals surface area contributed by atoms with Crippen molar-refractivity contribution in [3.05, 3.63) is 6.42 Å². The normalized spacial score (nSPS) is 10.2. The predicted octanol–water partition coefficient (Wildman–Crippen LogP) is 3.95. The van der Waals surface area contributed by atoms with Crippen LogP contribution in [0.3, 0.4) is 0 Å². The first-order valence-corrected chi connectivity index (χ1v) is 5.41. The Kier molecular flexibility index (Phi) is 9.94. The van der Waals surface area contributed by atoms with Crippen molar-refractivity contribution >= 4 is 15.9 Å². The summed E-state index contributed by atoms with van der Waals surface area (Å²) in [5.74, 6) is 0. The van der Waals surface area contributed by atoms with E-state index in [1.807, 2.05) is 0 Å². The molecule has 0 aromatic heterocycles. The summed E-state index contributed by atoms with van der Waals surface area (Å²) in [6.07, 6.45) is 10.6. The average Bonchev–Trinajstić information content (AvgIpc) is 1.97. The molecule has 61 valence electrons. The standard InChI is InChI=1S/C9H18Br/c1-2-3-4-5-6-7-8-9-10/h8H,2-7,9H2,1H3. The van der Waals surface area contributed by atoms with Gasteiger partial charge in [-0.15, -0.1) is 0 Å². The van der Waals surface area contributed by atoms with E-state index in [0.29, 0.717) is 0 Å². The molecular weight excluding hydrogens is 188 g/mol. The van der Waals surface area contributed by atoms with Crippen LogP contribution in [0.1, 0.15) is 45.4 Å².